The van der Waals surface area contributed by atoms with Crippen LogP contribution in [0, 0.1) is 0 Å². The Labute approximate surface area is 148 Å². The minimum absolute atomic E-state index is 0.422. The first-order valence-electron chi connectivity index (χ1n) is 8.18. The second-order valence-corrected chi connectivity index (χ2v) is 6.95. The third-order valence-corrected chi connectivity index (χ3v) is 5.18. The summed E-state index contributed by atoms with van der Waals surface area (Å²) in [6.07, 6.45) is 4.25. The van der Waals surface area contributed by atoms with Gasteiger partial charge in [-0.05, 0) is 31.0 Å². The van der Waals surface area contributed by atoms with Gasteiger partial charge in [-0.15, -0.1) is 11.3 Å². The van der Waals surface area contributed by atoms with E-state index < -0.39 is 0 Å². The molecule has 0 amide bonds. The van der Waals surface area contributed by atoms with E-state index in [1.54, 1.807) is 17.5 Å². The maximum Gasteiger partial charge on any atom is 0.276 e. The molecule has 0 spiro atoms. The summed E-state index contributed by atoms with van der Waals surface area (Å²) < 4.78 is 5.36. The Kier molecular flexibility index (Phi) is 3.41. The van der Waals surface area contributed by atoms with Crippen LogP contribution in [0.15, 0.2) is 58.6 Å². The number of hydrogen-bond donors (Lipinski definition) is 0. The number of benzene rings is 1. The lowest BCUT2D eigenvalue weighted by Crippen LogP contribution is -1.85. The number of hydrogen-bond acceptors (Lipinski definition) is 6. The van der Waals surface area contributed by atoms with E-state index in [1.165, 1.54) is 17.8 Å². The highest BCUT2D eigenvalue weighted by atomic mass is 32.1. The minimum Gasteiger partial charge on any atom is -0.332 e. The monoisotopic (exact) mass is 346 g/mol. The molecule has 3 heterocycles. The summed E-state index contributed by atoms with van der Waals surface area (Å²) in [4.78, 5) is 13.5. The lowest BCUT2D eigenvalue weighted by Gasteiger charge is -1.99. The predicted molar refractivity (Wildman–Crippen MR) is 96.0 cm³/mol. The highest BCUT2D eigenvalue weighted by Gasteiger charge is 2.26. The van der Waals surface area contributed by atoms with Gasteiger partial charge < -0.3 is 4.52 Å². The molecular weight excluding hydrogens is 332 g/mol. The van der Waals surface area contributed by atoms with Crippen LogP contribution in [0.2, 0.25) is 0 Å². The molecule has 0 aliphatic heterocycles. The summed E-state index contributed by atoms with van der Waals surface area (Å²) in [5.41, 5.74) is 3.67. The first-order valence-corrected chi connectivity index (χ1v) is 9.06. The Balaban J connectivity index is 1.47. The molecule has 5 rings (SSSR count). The fourth-order valence-corrected chi connectivity index (χ4v) is 3.69. The van der Waals surface area contributed by atoms with Gasteiger partial charge in [0.25, 0.3) is 5.89 Å². The van der Waals surface area contributed by atoms with Gasteiger partial charge in [-0.2, -0.15) is 4.98 Å². The number of thiazole rings is 1. The standard InChI is InChI=1S/C19H14N4OS/c1-2-9-20-15(6-1)18-22-17(23-24-18)14-5-3-4-13(10-14)16-11-25-19(21-16)12-7-8-12/h1-6,9-12H,7-8H2. The maximum absolute atomic E-state index is 5.36. The Morgan fingerprint density at radius 3 is 2.72 bits per heavy atom. The van der Waals surface area contributed by atoms with Crippen molar-refractivity contribution in [2.75, 3.05) is 0 Å². The van der Waals surface area contributed by atoms with Gasteiger partial charge in [0, 0.05) is 28.6 Å². The summed E-state index contributed by atoms with van der Waals surface area (Å²) in [7, 11) is 0. The lowest BCUT2D eigenvalue weighted by molar-refractivity contribution is 0.431. The van der Waals surface area contributed by atoms with E-state index >= 15 is 0 Å². The van der Waals surface area contributed by atoms with Crippen LogP contribution in [-0.2, 0) is 0 Å². The van der Waals surface area contributed by atoms with Gasteiger partial charge in [0.15, 0.2) is 0 Å². The van der Waals surface area contributed by atoms with Gasteiger partial charge in [0.05, 0.1) is 10.7 Å². The van der Waals surface area contributed by atoms with E-state index in [0.29, 0.717) is 23.3 Å². The zero-order valence-electron chi connectivity index (χ0n) is 13.3. The molecule has 4 aromatic rings. The zero-order valence-corrected chi connectivity index (χ0v) is 14.1. The topological polar surface area (TPSA) is 64.7 Å². The van der Waals surface area contributed by atoms with E-state index in [0.717, 1.165) is 16.8 Å². The molecule has 0 unspecified atom stereocenters. The van der Waals surface area contributed by atoms with Gasteiger partial charge in [0.1, 0.15) is 5.69 Å². The van der Waals surface area contributed by atoms with Crippen LogP contribution in [0.5, 0.6) is 0 Å². The van der Waals surface area contributed by atoms with E-state index in [9.17, 15) is 0 Å². The molecule has 25 heavy (non-hydrogen) atoms. The van der Waals surface area contributed by atoms with E-state index in [4.69, 9.17) is 9.51 Å². The largest absolute Gasteiger partial charge is 0.332 e. The molecule has 0 saturated heterocycles. The van der Waals surface area contributed by atoms with Gasteiger partial charge in [0.2, 0.25) is 5.82 Å². The van der Waals surface area contributed by atoms with Crippen molar-refractivity contribution < 1.29 is 4.52 Å². The second kappa shape index (κ2) is 5.89. The lowest BCUT2D eigenvalue weighted by atomic mass is 10.1. The van der Waals surface area contributed by atoms with Gasteiger partial charge in [-0.3, -0.25) is 4.98 Å². The maximum atomic E-state index is 5.36. The molecule has 0 atom stereocenters. The Morgan fingerprint density at radius 1 is 0.960 bits per heavy atom. The molecular formula is C19H14N4OS. The zero-order chi connectivity index (χ0) is 16.6. The average Bonchev–Trinajstić information content (AvgIpc) is 3.21. The molecule has 0 N–H and O–H groups in total. The van der Waals surface area contributed by atoms with Crippen LogP contribution >= 0.6 is 11.3 Å². The van der Waals surface area contributed by atoms with Crippen molar-refractivity contribution in [1.82, 2.24) is 20.1 Å². The first-order chi connectivity index (χ1) is 12.4. The second-order valence-electron chi connectivity index (χ2n) is 6.06. The molecule has 1 aliphatic rings. The van der Waals surface area contributed by atoms with Gasteiger partial charge in [-0.25, -0.2) is 4.98 Å². The third kappa shape index (κ3) is 2.85. The molecule has 0 bridgehead atoms. The normalized spacial score (nSPS) is 13.9. The molecule has 1 saturated carbocycles. The van der Waals surface area contributed by atoms with Gasteiger partial charge >= 0.3 is 0 Å². The highest BCUT2D eigenvalue weighted by molar-refractivity contribution is 7.10. The van der Waals surface area contributed by atoms with Crippen LogP contribution in [-0.4, -0.2) is 20.1 Å². The van der Waals surface area contributed by atoms with Crippen LogP contribution in [0.4, 0.5) is 0 Å². The van der Waals surface area contributed by atoms with E-state index in [1.807, 2.05) is 30.3 Å². The molecule has 6 heteroatoms. The SMILES string of the molecule is c1ccc(-c2nc(-c3cccc(-c4csc(C5CC5)n4)c3)no2)nc1. The van der Waals surface area contributed by atoms with E-state index in [2.05, 4.69) is 32.6 Å². The van der Waals surface area contributed by atoms with Crippen molar-refractivity contribution in [2.24, 2.45) is 0 Å². The third-order valence-electron chi connectivity index (χ3n) is 4.18. The molecule has 122 valence electrons. The quantitative estimate of drug-likeness (QED) is 0.531. The van der Waals surface area contributed by atoms with Crippen molar-refractivity contribution in [3.63, 3.8) is 0 Å². The molecule has 5 nitrogen and oxygen atoms in total. The highest BCUT2D eigenvalue weighted by Crippen LogP contribution is 2.42. The summed E-state index contributed by atoms with van der Waals surface area (Å²) in [5.74, 6) is 1.66. The molecule has 3 aromatic heterocycles. The van der Waals surface area contributed by atoms with Crippen LogP contribution < -0.4 is 0 Å². The number of nitrogens with zero attached hydrogens (tertiary/aromatic N) is 4. The number of pyridine rings is 1. The fraction of sp³-hybridized carbons (Fsp3) is 0.158. The Bertz CT molecular complexity index is 1020. The molecule has 1 aliphatic carbocycles. The molecule has 1 aromatic carbocycles. The Hall–Kier alpha value is -2.86. The fourth-order valence-electron chi connectivity index (χ4n) is 2.69. The summed E-state index contributed by atoms with van der Waals surface area (Å²) in [6, 6.07) is 13.7. The minimum atomic E-state index is 0.422. The van der Waals surface area contributed by atoms with Crippen molar-refractivity contribution in [2.45, 2.75) is 18.8 Å². The van der Waals surface area contributed by atoms with Crippen LogP contribution in [0.1, 0.15) is 23.8 Å². The van der Waals surface area contributed by atoms with Crippen molar-refractivity contribution in [3.05, 3.63) is 59.0 Å². The molecule has 0 radical (unpaired) electrons. The average molecular weight is 346 g/mol. The number of aromatic nitrogens is 4. The summed E-state index contributed by atoms with van der Waals surface area (Å²) in [5, 5.41) is 7.47. The van der Waals surface area contributed by atoms with Crippen molar-refractivity contribution in [1.29, 1.82) is 0 Å². The van der Waals surface area contributed by atoms with Crippen LogP contribution in [0.3, 0.4) is 0 Å². The smallest absolute Gasteiger partial charge is 0.276 e. The first kappa shape index (κ1) is 14.5. The van der Waals surface area contributed by atoms with Gasteiger partial charge in [-0.1, -0.05) is 29.4 Å². The predicted octanol–water partition coefficient (Wildman–Crippen LogP) is 4.80. The molecule has 1 fully saturated rings. The number of rotatable bonds is 4. The summed E-state index contributed by atoms with van der Waals surface area (Å²) >= 11 is 1.75. The van der Waals surface area contributed by atoms with Crippen molar-refractivity contribution >= 4 is 11.3 Å². The van der Waals surface area contributed by atoms with Crippen molar-refractivity contribution in [3.8, 4) is 34.2 Å². The van der Waals surface area contributed by atoms with E-state index in [-0.39, 0.29) is 0 Å². The Morgan fingerprint density at radius 2 is 1.88 bits per heavy atom. The summed E-state index contributed by atoms with van der Waals surface area (Å²) in [6.45, 7) is 0. The van der Waals surface area contributed by atoms with Crippen LogP contribution in [0.25, 0.3) is 34.2 Å².